The molecule has 2 rings (SSSR count). The van der Waals surface area contributed by atoms with Crippen molar-refractivity contribution in [3.05, 3.63) is 0 Å². The Bertz CT molecular complexity index is 256. The van der Waals surface area contributed by atoms with Crippen molar-refractivity contribution in [1.82, 2.24) is 9.80 Å². The zero-order chi connectivity index (χ0) is 13.7. The largest absolute Gasteiger partial charge is 0.329 e. The van der Waals surface area contributed by atoms with E-state index in [1.807, 2.05) is 0 Å². The Kier molecular flexibility index (Phi) is 6.11. The van der Waals surface area contributed by atoms with Gasteiger partial charge in [-0.15, -0.1) is 0 Å². The van der Waals surface area contributed by atoms with Crippen LogP contribution in [0.1, 0.15) is 58.8 Å². The van der Waals surface area contributed by atoms with Crippen LogP contribution in [-0.2, 0) is 0 Å². The highest BCUT2D eigenvalue weighted by atomic mass is 15.3. The molecule has 2 fully saturated rings. The van der Waals surface area contributed by atoms with Gasteiger partial charge in [0.25, 0.3) is 0 Å². The number of rotatable bonds is 7. The monoisotopic (exact) mass is 267 g/mol. The van der Waals surface area contributed by atoms with Crippen molar-refractivity contribution in [3.63, 3.8) is 0 Å². The average Bonchev–Trinajstić information content (AvgIpc) is 2.85. The van der Waals surface area contributed by atoms with Crippen molar-refractivity contribution in [3.8, 4) is 0 Å². The first-order valence-electron chi connectivity index (χ1n) is 8.46. The van der Waals surface area contributed by atoms with Crippen molar-refractivity contribution in [1.29, 1.82) is 0 Å². The predicted octanol–water partition coefficient (Wildman–Crippen LogP) is 2.45. The lowest BCUT2D eigenvalue weighted by Gasteiger charge is -2.46. The molecule has 2 aliphatic rings. The first-order valence-corrected chi connectivity index (χ1v) is 8.46. The van der Waals surface area contributed by atoms with Crippen LogP contribution >= 0.6 is 0 Å². The SMILES string of the molecule is CCCCCCC(CN)N1CC2CCCN2CC1C. The summed E-state index contributed by atoms with van der Waals surface area (Å²) in [6, 6.07) is 2.13. The van der Waals surface area contributed by atoms with Crippen LogP contribution in [0, 0.1) is 0 Å². The second-order valence-corrected chi connectivity index (χ2v) is 6.58. The summed E-state index contributed by atoms with van der Waals surface area (Å²) in [5.74, 6) is 0. The molecule has 112 valence electrons. The third-order valence-electron chi connectivity index (χ3n) is 5.12. The van der Waals surface area contributed by atoms with Crippen LogP contribution in [0.4, 0.5) is 0 Å². The van der Waals surface area contributed by atoms with E-state index >= 15 is 0 Å². The van der Waals surface area contributed by atoms with Crippen LogP contribution in [0.3, 0.4) is 0 Å². The van der Waals surface area contributed by atoms with Crippen molar-refractivity contribution < 1.29 is 0 Å². The summed E-state index contributed by atoms with van der Waals surface area (Å²) in [6.07, 6.45) is 9.53. The molecule has 2 heterocycles. The van der Waals surface area contributed by atoms with Gasteiger partial charge in [0, 0.05) is 37.8 Å². The standard InChI is InChI=1S/C16H33N3/c1-3-4-5-6-8-15(11-17)19-13-16-9-7-10-18(16)12-14(19)2/h14-16H,3-13,17H2,1-2H3. The highest BCUT2D eigenvalue weighted by Gasteiger charge is 2.36. The molecule has 0 saturated carbocycles. The lowest BCUT2D eigenvalue weighted by molar-refractivity contribution is 0.0269. The molecule has 0 aromatic rings. The molecule has 3 nitrogen and oxygen atoms in total. The number of fused-ring (bicyclic) bond motifs is 1. The zero-order valence-corrected chi connectivity index (χ0v) is 13.0. The number of hydrogen-bond acceptors (Lipinski definition) is 3. The topological polar surface area (TPSA) is 32.5 Å². The van der Waals surface area contributed by atoms with E-state index in [2.05, 4.69) is 23.6 Å². The number of piperazine rings is 1. The van der Waals surface area contributed by atoms with Crippen LogP contribution in [0.2, 0.25) is 0 Å². The van der Waals surface area contributed by atoms with Gasteiger partial charge in [0.2, 0.25) is 0 Å². The Morgan fingerprint density at radius 2 is 2.05 bits per heavy atom. The van der Waals surface area contributed by atoms with E-state index in [0.29, 0.717) is 12.1 Å². The minimum Gasteiger partial charge on any atom is -0.329 e. The van der Waals surface area contributed by atoms with Gasteiger partial charge >= 0.3 is 0 Å². The highest BCUT2D eigenvalue weighted by Crippen LogP contribution is 2.26. The first-order chi connectivity index (χ1) is 9.26. The van der Waals surface area contributed by atoms with Gasteiger partial charge in [-0.1, -0.05) is 32.6 Å². The van der Waals surface area contributed by atoms with E-state index in [-0.39, 0.29) is 0 Å². The average molecular weight is 267 g/mol. The number of nitrogens with zero attached hydrogens (tertiary/aromatic N) is 2. The minimum absolute atomic E-state index is 0.620. The third kappa shape index (κ3) is 3.93. The van der Waals surface area contributed by atoms with E-state index in [4.69, 9.17) is 5.73 Å². The van der Waals surface area contributed by atoms with E-state index in [1.54, 1.807) is 0 Å². The predicted molar refractivity (Wildman–Crippen MR) is 82.4 cm³/mol. The summed E-state index contributed by atoms with van der Waals surface area (Å²) in [5, 5.41) is 0. The molecule has 3 atom stereocenters. The maximum absolute atomic E-state index is 6.06. The fourth-order valence-corrected chi connectivity index (χ4v) is 3.94. The van der Waals surface area contributed by atoms with Crippen LogP contribution in [-0.4, -0.2) is 54.1 Å². The molecular weight excluding hydrogens is 234 g/mol. The quantitative estimate of drug-likeness (QED) is 0.719. The zero-order valence-electron chi connectivity index (χ0n) is 13.0. The Morgan fingerprint density at radius 3 is 2.79 bits per heavy atom. The summed E-state index contributed by atoms with van der Waals surface area (Å²) >= 11 is 0. The lowest BCUT2D eigenvalue weighted by atomic mass is 10.0. The van der Waals surface area contributed by atoms with Gasteiger partial charge in [0.1, 0.15) is 0 Å². The van der Waals surface area contributed by atoms with E-state index < -0.39 is 0 Å². The Labute approximate surface area is 119 Å². The molecule has 3 unspecified atom stereocenters. The fourth-order valence-electron chi connectivity index (χ4n) is 3.94. The van der Waals surface area contributed by atoms with Crippen molar-refractivity contribution >= 4 is 0 Å². The molecule has 0 bridgehead atoms. The van der Waals surface area contributed by atoms with E-state index in [9.17, 15) is 0 Å². The second-order valence-electron chi connectivity index (χ2n) is 6.58. The summed E-state index contributed by atoms with van der Waals surface area (Å²) in [7, 11) is 0. The number of unbranched alkanes of at least 4 members (excludes halogenated alkanes) is 3. The van der Waals surface area contributed by atoms with Gasteiger partial charge < -0.3 is 5.73 Å². The van der Waals surface area contributed by atoms with Crippen molar-refractivity contribution in [2.24, 2.45) is 5.73 Å². The second kappa shape index (κ2) is 7.61. The number of nitrogens with two attached hydrogens (primary N) is 1. The lowest BCUT2D eigenvalue weighted by Crippen LogP contribution is -2.59. The molecule has 0 spiro atoms. The summed E-state index contributed by atoms with van der Waals surface area (Å²) in [5.41, 5.74) is 6.06. The molecule has 19 heavy (non-hydrogen) atoms. The van der Waals surface area contributed by atoms with Crippen LogP contribution in [0.5, 0.6) is 0 Å². The molecule has 2 N–H and O–H groups in total. The molecular formula is C16H33N3. The summed E-state index contributed by atoms with van der Waals surface area (Å²) < 4.78 is 0. The third-order valence-corrected chi connectivity index (χ3v) is 5.12. The molecule has 3 heteroatoms. The maximum Gasteiger partial charge on any atom is 0.0224 e. The maximum atomic E-state index is 6.06. The van der Waals surface area contributed by atoms with Crippen molar-refractivity contribution in [2.45, 2.75) is 76.9 Å². The molecule has 0 radical (unpaired) electrons. The van der Waals surface area contributed by atoms with Crippen LogP contribution in [0.15, 0.2) is 0 Å². The fraction of sp³-hybridized carbons (Fsp3) is 1.00. The minimum atomic E-state index is 0.620. The number of hydrogen-bond donors (Lipinski definition) is 1. The van der Waals surface area contributed by atoms with Gasteiger partial charge in [0.05, 0.1) is 0 Å². The van der Waals surface area contributed by atoms with Gasteiger partial charge in [0.15, 0.2) is 0 Å². The first kappa shape index (κ1) is 15.3. The van der Waals surface area contributed by atoms with Crippen LogP contribution in [0.25, 0.3) is 0 Å². The Hall–Kier alpha value is -0.120. The Morgan fingerprint density at radius 1 is 1.21 bits per heavy atom. The normalized spacial score (nSPS) is 30.5. The van der Waals surface area contributed by atoms with E-state index in [0.717, 1.165) is 12.6 Å². The molecule has 0 aromatic heterocycles. The highest BCUT2D eigenvalue weighted by molar-refractivity contribution is 4.93. The smallest absolute Gasteiger partial charge is 0.0224 e. The Balaban J connectivity index is 1.82. The van der Waals surface area contributed by atoms with Gasteiger partial charge in [-0.05, 0) is 32.7 Å². The molecule has 0 aliphatic carbocycles. The molecule has 2 aliphatic heterocycles. The van der Waals surface area contributed by atoms with E-state index in [1.165, 1.54) is 64.6 Å². The van der Waals surface area contributed by atoms with Crippen molar-refractivity contribution in [2.75, 3.05) is 26.2 Å². The molecule has 0 amide bonds. The summed E-state index contributed by atoms with van der Waals surface area (Å²) in [4.78, 5) is 5.42. The summed E-state index contributed by atoms with van der Waals surface area (Å²) in [6.45, 7) is 9.35. The van der Waals surface area contributed by atoms with Gasteiger partial charge in [-0.2, -0.15) is 0 Å². The molecule has 2 saturated heterocycles. The van der Waals surface area contributed by atoms with Crippen LogP contribution < -0.4 is 5.73 Å². The van der Waals surface area contributed by atoms with Gasteiger partial charge in [-0.25, -0.2) is 0 Å². The molecule has 0 aromatic carbocycles. The van der Waals surface area contributed by atoms with Gasteiger partial charge in [-0.3, -0.25) is 9.80 Å².